The molecule has 1 N–H and O–H groups in total. The molecule has 2 rings (SSSR count). The molecular formula is C17H19FO2. The number of hydrogen-bond acceptors (Lipinski definition) is 2. The van der Waals surface area contributed by atoms with Gasteiger partial charge in [0.25, 0.3) is 0 Å². The number of halogens is 1. The van der Waals surface area contributed by atoms with Crippen LogP contribution in [0, 0.1) is 5.82 Å². The molecule has 0 spiro atoms. The smallest absolute Gasteiger partial charge is 0.129 e. The van der Waals surface area contributed by atoms with Crippen LogP contribution in [0.5, 0.6) is 5.75 Å². The number of benzene rings is 2. The largest absolute Gasteiger partial charge is 0.491 e. The van der Waals surface area contributed by atoms with Crippen molar-refractivity contribution in [3.8, 4) is 5.75 Å². The number of aliphatic hydroxyl groups excluding tert-OH is 1. The lowest BCUT2D eigenvalue weighted by Crippen LogP contribution is -2.11. The molecule has 0 saturated carbocycles. The van der Waals surface area contributed by atoms with Crippen LogP contribution in [0.15, 0.2) is 48.5 Å². The summed E-state index contributed by atoms with van der Waals surface area (Å²) >= 11 is 0. The number of ether oxygens (including phenoxy) is 1. The molecule has 0 heterocycles. The monoisotopic (exact) mass is 274 g/mol. The first-order valence-electron chi connectivity index (χ1n) is 6.73. The van der Waals surface area contributed by atoms with Gasteiger partial charge < -0.3 is 9.84 Å². The Morgan fingerprint density at radius 1 is 1.05 bits per heavy atom. The van der Waals surface area contributed by atoms with Gasteiger partial charge in [-0.2, -0.15) is 0 Å². The van der Waals surface area contributed by atoms with Gasteiger partial charge in [0.15, 0.2) is 0 Å². The molecule has 20 heavy (non-hydrogen) atoms. The fourth-order valence-electron chi connectivity index (χ4n) is 1.96. The van der Waals surface area contributed by atoms with Crippen LogP contribution in [0.1, 0.15) is 37.0 Å². The maximum absolute atomic E-state index is 13.5. The molecule has 2 nitrogen and oxygen atoms in total. The van der Waals surface area contributed by atoms with Crippen LogP contribution in [0.4, 0.5) is 4.39 Å². The highest BCUT2D eigenvalue weighted by Gasteiger charge is 2.12. The van der Waals surface area contributed by atoms with Gasteiger partial charge in [-0.1, -0.05) is 44.2 Å². The third-order valence-electron chi connectivity index (χ3n) is 3.22. The van der Waals surface area contributed by atoms with Crippen molar-refractivity contribution in [3.05, 3.63) is 65.5 Å². The molecule has 0 fully saturated rings. The summed E-state index contributed by atoms with van der Waals surface area (Å²) in [5, 5.41) is 9.94. The number of rotatable bonds is 5. The molecular weight excluding hydrogens is 255 g/mol. The average molecular weight is 274 g/mol. The van der Waals surface area contributed by atoms with E-state index in [1.54, 1.807) is 18.2 Å². The highest BCUT2D eigenvalue weighted by Crippen LogP contribution is 2.21. The second-order valence-electron chi connectivity index (χ2n) is 5.07. The zero-order valence-corrected chi connectivity index (χ0v) is 11.7. The van der Waals surface area contributed by atoms with E-state index in [0.717, 1.165) is 0 Å². The molecule has 0 aromatic heterocycles. The summed E-state index contributed by atoms with van der Waals surface area (Å²) in [6.07, 6.45) is -0.971. The zero-order valence-electron chi connectivity index (χ0n) is 11.7. The predicted molar refractivity (Wildman–Crippen MR) is 77.4 cm³/mol. The normalized spacial score (nSPS) is 12.4. The summed E-state index contributed by atoms with van der Waals surface area (Å²) in [6, 6.07) is 13.9. The van der Waals surface area contributed by atoms with E-state index in [9.17, 15) is 9.50 Å². The van der Waals surface area contributed by atoms with E-state index < -0.39 is 11.9 Å². The maximum atomic E-state index is 13.5. The van der Waals surface area contributed by atoms with Crippen molar-refractivity contribution in [3.63, 3.8) is 0 Å². The zero-order chi connectivity index (χ0) is 14.5. The number of aliphatic hydroxyl groups is 1. The minimum Gasteiger partial charge on any atom is -0.491 e. The Balaban J connectivity index is 1.96. The van der Waals surface area contributed by atoms with Crippen molar-refractivity contribution in [1.29, 1.82) is 0 Å². The van der Waals surface area contributed by atoms with E-state index >= 15 is 0 Å². The first-order chi connectivity index (χ1) is 9.58. The quantitative estimate of drug-likeness (QED) is 0.891. The lowest BCUT2D eigenvalue weighted by atomic mass is 10.0. The second kappa shape index (κ2) is 6.53. The van der Waals surface area contributed by atoms with Gasteiger partial charge in [0, 0.05) is 5.56 Å². The van der Waals surface area contributed by atoms with Gasteiger partial charge in [0.1, 0.15) is 24.3 Å². The van der Waals surface area contributed by atoms with Crippen molar-refractivity contribution in [2.75, 3.05) is 6.61 Å². The molecule has 1 atom stereocenters. The SMILES string of the molecule is CC(C)c1ccc(OCC(O)c2ccccc2F)cc1. The van der Waals surface area contributed by atoms with E-state index in [1.807, 2.05) is 24.3 Å². The standard InChI is InChI=1S/C17H19FO2/c1-12(2)13-7-9-14(10-8-13)20-11-17(19)15-5-3-4-6-16(15)18/h3-10,12,17,19H,11H2,1-2H3. The van der Waals surface area contributed by atoms with Gasteiger partial charge in [-0.05, 0) is 29.7 Å². The van der Waals surface area contributed by atoms with Crippen LogP contribution >= 0.6 is 0 Å². The van der Waals surface area contributed by atoms with E-state index in [0.29, 0.717) is 11.7 Å². The Bertz CT molecular complexity index is 549. The third kappa shape index (κ3) is 3.58. The highest BCUT2D eigenvalue weighted by atomic mass is 19.1. The minimum absolute atomic E-state index is 0.0297. The highest BCUT2D eigenvalue weighted by molar-refractivity contribution is 5.29. The van der Waals surface area contributed by atoms with E-state index in [2.05, 4.69) is 13.8 Å². The molecule has 2 aromatic carbocycles. The molecule has 0 amide bonds. The molecule has 2 aromatic rings. The Morgan fingerprint density at radius 3 is 2.30 bits per heavy atom. The van der Waals surface area contributed by atoms with Crippen LogP contribution in [0.3, 0.4) is 0 Å². The molecule has 3 heteroatoms. The van der Waals surface area contributed by atoms with Crippen molar-refractivity contribution >= 4 is 0 Å². The van der Waals surface area contributed by atoms with Gasteiger partial charge in [0.05, 0.1) is 0 Å². The van der Waals surface area contributed by atoms with E-state index in [4.69, 9.17) is 4.74 Å². The maximum Gasteiger partial charge on any atom is 0.129 e. The lowest BCUT2D eigenvalue weighted by molar-refractivity contribution is 0.105. The average Bonchev–Trinajstić information content (AvgIpc) is 2.45. The van der Waals surface area contributed by atoms with Crippen molar-refractivity contribution in [2.24, 2.45) is 0 Å². The van der Waals surface area contributed by atoms with Gasteiger partial charge in [0.2, 0.25) is 0 Å². The first kappa shape index (κ1) is 14.5. The third-order valence-corrected chi connectivity index (χ3v) is 3.22. The predicted octanol–water partition coefficient (Wildman–Crippen LogP) is 4.06. The molecule has 1 unspecified atom stereocenters. The molecule has 106 valence electrons. The van der Waals surface area contributed by atoms with Gasteiger partial charge >= 0.3 is 0 Å². The minimum atomic E-state index is -0.971. The van der Waals surface area contributed by atoms with Crippen LogP contribution in [0.25, 0.3) is 0 Å². The fraction of sp³-hybridized carbons (Fsp3) is 0.294. The molecule has 0 aliphatic heterocycles. The van der Waals surface area contributed by atoms with Crippen LogP contribution in [0.2, 0.25) is 0 Å². The van der Waals surface area contributed by atoms with Crippen LogP contribution in [-0.2, 0) is 0 Å². The summed E-state index contributed by atoms with van der Waals surface area (Å²) in [5.41, 5.74) is 1.48. The summed E-state index contributed by atoms with van der Waals surface area (Å²) in [6.45, 7) is 4.28. The van der Waals surface area contributed by atoms with Gasteiger partial charge in [-0.25, -0.2) is 4.39 Å². The fourth-order valence-corrected chi connectivity index (χ4v) is 1.96. The van der Waals surface area contributed by atoms with Gasteiger partial charge in [-0.3, -0.25) is 0 Å². The Kier molecular flexibility index (Phi) is 4.74. The Morgan fingerprint density at radius 2 is 1.70 bits per heavy atom. The number of hydrogen-bond donors (Lipinski definition) is 1. The summed E-state index contributed by atoms with van der Waals surface area (Å²) in [7, 11) is 0. The first-order valence-corrected chi connectivity index (χ1v) is 6.73. The van der Waals surface area contributed by atoms with Crippen molar-refractivity contribution < 1.29 is 14.2 Å². The summed E-state index contributed by atoms with van der Waals surface area (Å²) in [4.78, 5) is 0. The lowest BCUT2D eigenvalue weighted by Gasteiger charge is -2.14. The van der Waals surface area contributed by atoms with E-state index in [-0.39, 0.29) is 12.2 Å². The molecule has 0 radical (unpaired) electrons. The summed E-state index contributed by atoms with van der Waals surface area (Å²) < 4.78 is 19.0. The second-order valence-corrected chi connectivity index (χ2v) is 5.07. The summed E-state index contributed by atoms with van der Waals surface area (Å²) in [5.74, 6) is 0.719. The Labute approximate surface area is 118 Å². The molecule has 0 bridgehead atoms. The van der Waals surface area contributed by atoms with Crippen molar-refractivity contribution in [2.45, 2.75) is 25.9 Å². The Hall–Kier alpha value is -1.87. The molecule has 0 saturated heterocycles. The topological polar surface area (TPSA) is 29.5 Å². The van der Waals surface area contributed by atoms with Crippen LogP contribution < -0.4 is 4.74 Å². The van der Waals surface area contributed by atoms with Crippen molar-refractivity contribution in [1.82, 2.24) is 0 Å². The molecule has 0 aliphatic rings. The molecule has 0 aliphatic carbocycles. The van der Waals surface area contributed by atoms with E-state index in [1.165, 1.54) is 11.6 Å². The van der Waals surface area contributed by atoms with Crippen LogP contribution in [-0.4, -0.2) is 11.7 Å². The van der Waals surface area contributed by atoms with Gasteiger partial charge in [-0.15, -0.1) is 0 Å².